The highest BCUT2D eigenvalue weighted by atomic mass is 31.2. The van der Waals surface area contributed by atoms with Gasteiger partial charge in [0.05, 0.1) is 6.61 Å². The van der Waals surface area contributed by atoms with E-state index in [2.05, 4.69) is 60.9 Å². The van der Waals surface area contributed by atoms with Crippen molar-refractivity contribution in [2.75, 3.05) is 13.2 Å². The van der Waals surface area contributed by atoms with Crippen molar-refractivity contribution in [2.24, 2.45) is 0 Å². The predicted molar refractivity (Wildman–Crippen MR) is 207 cm³/mol. The third kappa shape index (κ3) is 38.8. The van der Waals surface area contributed by atoms with Gasteiger partial charge in [0.2, 0.25) is 0 Å². The van der Waals surface area contributed by atoms with Gasteiger partial charge in [-0.15, -0.1) is 0 Å². The minimum Gasteiger partial charge on any atom is -0.462 e. The van der Waals surface area contributed by atoms with Crippen molar-refractivity contribution < 1.29 is 37.9 Å². The van der Waals surface area contributed by atoms with Crippen LogP contribution in [-0.2, 0) is 28.2 Å². The van der Waals surface area contributed by atoms with Gasteiger partial charge in [0.25, 0.3) is 0 Å². The molecule has 0 aliphatic heterocycles. The van der Waals surface area contributed by atoms with E-state index in [1.807, 2.05) is 6.08 Å². The van der Waals surface area contributed by atoms with Crippen molar-refractivity contribution in [1.82, 2.24) is 0 Å². The second kappa shape index (κ2) is 36.8. The Morgan fingerprint density at radius 2 is 0.920 bits per heavy atom. The Bertz CT molecular complexity index is 952. The van der Waals surface area contributed by atoms with E-state index in [0.29, 0.717) is 12.8 Å². The molecular weight excluding hydrogens is 651 g/mol. The second-order valence-electron chi connectivity index (χ2n) is 13.3. The molecular formula is C41H73O8P. The van der Waals surface area contributed by atoms with E-state index in [-0.39, 0.29) is 19.4 Å². The van der Waals surface area contributed by atoms with Gasteiger partial charge in [-0.25, -0.2) is 4.57 Å². The van der Waals surface area contributed by atoms with Crippen molar-refractivity contribution >= 4 is 19.8 Å². The van der Waals surface area contributed by atoms with Crippen molar-refractivity contribution in [3.63, 3.8) is 0 Å². The molecule has 0 aliphatic rings. The van der Waals surface area contributed by atoms with Crippen LogP contribution < -0.4 is 0 Å². The van der Waals surface area contributed by atoms with Crippen molar-refractivity contribution in [2.45, 2.75) is 187 Å². The smallest absolute Gasteiger partial charge is 0.462 e. The molecule has 0 saturated carbocycles. The standard InChI is InChI=1S/C41H73O8P/c1-3-5-7-9-11-13-15-17-19-20-22-23-25-27-29-31-33-35-40(42)47-37-39(38-48-50(44,45)46)49-41(43)36-34-32-30-28-26-24-21-18-16-14-12-10-8-6-4-2/h11,13,17,19,22-23,27,29,39H,3-10,12,14-16,18,20-21,24-26,28,30-38H2,1-2H3,(H2,44,45,46)/b13-11+,19-17+,23-22+,29-27+/t39-/m1/s1. The molecule has 0 aliphatic carbocycles. The first-order chi connectivity index (χ1) is 24.3. The number of phosphoric acid groups is 1. The van der Waals surface area contributed by atoms with E-state index in [0.717, 1.165) is 44.9 Å². The van der Waals surface area contributed by atoms with Crippen molar-refractivity contribution in [3.8, 4) is 0 Å². The van der Waals surface area contributed by atoms with Gasteiger partial charge < -0.3 is 19.3 Å². The van der Waals surface area contributed by atoms with E-state index in [9.17, 15) is 14.2 Å². The fraction of sp³-hybridized carbons (Fsp3) is 0.756. The topological polar surface area (TPSA) is 119 Å². The van der Waals surface area contributed by atoms with Gasteiger partial charge >= 0.3 is 19.8 Å². The third-order valence-corrected chi connectivity index (χ3v) is 8.84. The maximum atomic E-state index is 12.4. The van der Waals surface area contributed by atoms with Crippen LogP contribution in [0.4, 0.5) is 0 Å². The zero-order valence-electron chi connectivity index (χ0n) is 31.8. The SMILES string of the molecule is CCCCC/C=C/C/C=C/C/C=C/C/C=C/CCCC(=O)OC[C@H](COP(=O)(O)O)OC(=O)CCCCCCCCCCCCCCCCC. The fourth-order valence-electron chi connectivity index (χ4n) is 5.37. The first-order valence-electron chi connectivity index (χ1n) is 19.9. The number of carbonyl (C=O) groups excluding carboxylic acids is 2. The summed E-state index contributed by atoms with van der Waals surface area (Å²) in [7, 11) is -4.76. The molecule has 0 radical (unpaired) electrons. The highest BCUT2D eigenvalue weighted by Gasteiger charge is 2.22. The molecule has 0 bridgehead atoms. The van der Waals surface area contributed by atoms with Crippen molar-refractivity contribution in [1.29, 1.82) is 0 Å². The molecule has 50 heavy (non-hydrogen) atoms. The highest BCUT2D eigenvalue weighted by Crippen LogP contribution is 2.36. The van der Waals surface area contributed by atoms with E-state index < -0.39 is 32.5 Å². The van der Waals surface area contributed by atoms with Gasteiger partial charge in [-0.3, -0.25) is 14.1 Å². The van der Waals surface area contributed by atoms with Crippen LogP contribution in [-0.4, -0.2) is 41.0 Å². The average molecular weight is 725 g/mol. The maximum absolute atomic E-state index is 12.4. The van der Waals surface area contributed by atoms with E-state index in [1.165, 1.54) is 96.3 Å². The lowest BCUT2D eigenvalue weighted by atomic mass is 10.0. The van der Waals surface area contributed by atoms with Gasteiger partial charge in [-0.05, 0) is 51.4 Å². The van der Waals surface area contributed by atoms with Crippen LogP contribution in [0.2, 0.25) is 0 Å². The zero-order chi connectivity index (χ0) is 36.8. The Morgan fingerprint density at radius 3 is 1.40 bits per heavy atom. The molecule has 9 heteroatoms. The molecule has 1 atom stereocenters. The number of carbonyl (C=O) groups is 2. The maximum Gasteiger partial charge on any atom is 0.469 e. The van der Waals surface area contributed by atoms with Gasteiger partial charge in [-0.2, -0.15) is 0 Å². The van der Waals surface area contributed by atoms with Crippen molar-refractivity contribution in [3.05, 3.63) is 48.6 Å². The number of rotatable bonds is 36. The number of esters is 2. The molecule has 0 aromatic carbocycles. The number of hydrogen-bond donors (Lipinski definition) is 2. The Morgan fingerprint density at radius 1 is 0.520 bits per heavy atom. The minimum absolute atomic E-state index is 0.192. The molecule has 2 N–H and O–H groups in total. The molecule has 0 rings (SSSR count). The Hall–Kier alpha value is -1.99. The monoisotopic (exact) mass is 725 g/mol. The quantitative estimate of drug-likeness (QED) is 0.0284. The van der Waals surface area contributed by atoms with Crippen LogP contribution in [0.5, 0.6) is 0 Å². The number of hydrogen-bond acceptors (Lipinski definition) is 6. The summed E-state index contributed by atoms with van der Waals surface area (Å²) in [5.41, 5.74) is 0. The molecule has 8 nitrogen and oxygen atoms in total. The van der Waals surface area contributed by atoms with Gasteiger partial charge in [0, 0.05) is 12.8 Å². The Labute approximate surface area is 305 Å². The number of unbranched alkanes of at least 4 members (excludes halogenated alkanes) is 18. The van der Waals surface area contributed by atoms with Crippen LogP contribution in [0.15, 0.2) is 48.6 Å². The number of allylic oxidation sites excluding steroid dienone is 8. The molecule has 0 saturated heterocycles. The summed E-state index contributed by atoms with van der Waals surface area (Å²) >= 11 is 0. The Kier molecular flexibility index (Phi) is 35.3. The van der Waals surface area contributed by atoms with E-state index in [4.69, 9.17) is 19.3 Å². The normalized spacial score (nSPS) is 13.0. The predicted octanol–water partition coefficient (Wildman–Crippen LogP) is 12.0. The summed E-state index contributed by atoms with van der Waals surface area (Å²) in [5, 5.41) is 0. The molecule has 0 unspecified atom stereocenters. The molecule has 0 spiro atoms. The first-order valence-corrected chi connectivity index (χ1v) is 21.5. The second-order valence-corrected chi connectivity index (χ2v) is 14.5. The summed E-state index contributed by atoms with van der Waals surface area (Å²) in [6, 6.07) is 0. The lowest BCUT2D eigenvalue weighted by Crippen LogP contribution is -2.29. The molecule has 290 valence electrons. The summed E-state index contributed by atoms with van der Waals surface area (Å²) in [5.74, 6) is -0.948. The lowest BCUT2D eigenvalue weighted by Gasteiger charge is -2.18. The molecule has 0 heterocycles. The average Bonchev–Trinajstić information content (AvgIpc) is 3.08. The van der Waals surface area contributed by atoms with Crippen LogP contribution in [0.3, 0.4) is 0 Å². The van der Waals surface area contributed by atoms with Gasteiger partial charge in [0.1, 0.15) is 6.61 Å². The summed E-state index contributed by atoms with van der Waals surface area (Å²) in [6.45, 7) is 3.61. The molecule has 0 aromatic rings. The fourth-order valence-corrected chi connectivity index (χ4v) is 5.73. The van der Waals surface area contributed by atoms with Crippen LogP contribution in [0, 0.1) is 0 Å². The number of ether oxygens (including phenoxy) is 2. The van der Waals surface area contributed by atoms with Gasteiger partial charge in [-0.1, -0.05) is 165 Å². The third-order valence-electron chi connectivity index (χ3n) is 8.35. The number of phosphoric ester groups is 1. The van der Waals surface area contributed by atoms with Crippen LogP contribution >= 0.6 is 7.82 Å². The van der Waals surface area contributed by atoms with Crippen LogP contribution in [0.1, 0.15) is 181 Å². The minimum atomic E-state index is -4.76. The van der Waals surface area contributed by atoms with Gasteiger partial charge in [0.15, 0.2) is 6.10 Å². The summed E-state index contributed by atoms with van der Waals surface area (Å²) in [6.07, 6.45) is 44.1. The Balaban J connectivity index is 4.03. The molecule has 0 amide bonds. The lowest BCUT2D eigenvalue weighted by molar-refractivity contribution is -0.161. The molecule has 0 aromatic heterocycles. The molecule has 0 fully saturated rings. The largest absolute Gasteiger partial charge is 0.469 e. The zero-order valence-corrected chi connectivity index (χ0v) is 32.7. The highest BCUT2D eigenvalue weighted by molar-refractivity contribution is 7.46. The van der Waals surface area contributed by atoms with E-state index in [1.54, 1.807) is 0 Å². The van der Waals surface area contributed by atoms with E-state index >= 15 is 0 Å². The van der Waals surface area contributed by atoms with Crippen LogP contribution in [0.25, 0.3) is 0 Å². The summed E-state index contributed by atoms with van der Waals surface area (Å²) in [4.78, 5) is 42.7. The summed E-state index contributed by atoms with van der Waals surface area (Å²) < 4.78 is 26.3. The first kappa shape index (κ1) is 48.0.